The van der Waals surface area contributed by atoms with Crippen LogP contribution in [-0.2, 0) is 0 Å². The van der Waals surface area contributed by atoms with E-state index in [4.69, 9.17) is 0 Å². The number of hydrogen-bond acceptors (Lipinski definition) is 2. The van der Waals surface area contributed by atoms with E-state index < -0.39 is 0 Å². The van der Waals surface area contributed by atoms with E-state index in [0.29, 0.717) is 0 Å². The zero-order valence-electron chi connectivity index (χ0n) is 17.2. The van der Waals surface area contributed by atoms with Crippen molar-refractivity contribution in [2.45, 2.75) is 0 Å². The first-order valence-corrected chi connectivity index (χ1v) is 11.6. The van der Waals surface area contributed by atoms with Gasteiger partial charge in [0.1, 0.15) is 0 Å². The second-order valence-corrected chi connectivity index (χ2v) is 9.13. The molecule has 0 bridgehead atoms. The third-order valence-corrected chi connectivity index (χ3v) is 7.38. The lowest BCUT2D eigenvalue weighted by molar-refractivity contribution is 1.19. The first kappa shape index (κ1) is 17.7. The molecule has 32 heavy (non-hydrogen) atoms. The SMILES string of the molecule is c1ccc(-n2c3ccc(-c4ccccn4)cc3c3ccc4sc5ccccc5c4c32)cc1. The molecule has 3 heteroatoms. The maximum atomic E-state index is 4.58. The van der Waals surface area contributed by atoms with Crippen molar-refractivity contribution in [2.75, 3.05) is 0 Å². The van der Waals surface area contributed by atoms with Gasteiger partial charge in [-0.2, -0.15) is 0 Å². The number of rotatable bonds is 2. The van der Waals surface area contributed by atoms with Gasteiger partial charge in [0, 0.05) is 48.4 Å². The van der Waals surface area contributed by atoms with Gasteiger partial charge in [0.15, 0.2) is 0 Å². The molecule has 2 nitrogen and oxygen atoms in total. The molecule has 0 N–H and O–H groups in total. The van der Waals surface area contributed by atoms with Crippen LogP contribution in [-0.4, -0.2) is 9.55 Å². The third-order valence-electron chi connectivity index (χ3n) is 6.24. The smallest absolute Gasteiger partial charge is 0.0702 e. The summed E-state index contributed by atoms with van der Waals surface area (Å²) in [6.07, 6.45) is 1.85. The molecule has 0 aliphatic rings. The summed E-state index contributed by atoms with van der Waals surface area (Å²) >= 11 is 1.87. The van der Waals surface area contributed by atoms with Gasteiger partial charge in [-0.3, -0.25) is 4.98 Å². The van der Waals surface area contributed by atoms with Gasteiger partial charge in [0.25, 0.3) is 0 Å². The molecule has 0 radical (unpaired) electrons. The van der Waals surface area contributed by atoms with E-state index in [1.165, 1.54) is 47.7 Å². The minimum Gasteiger partial charge on any atom is -0.309 e. The van der Waals surface area contributed by atoms with Crippen molar-refractivity contribution in [2.24, 2.45) is 0 Å². The largest absolute Gasteiger partial charge is 0.309 e. The summed E-state index contributed by atoms with van der Waals surface area (Å²) in [6, 6.07) is 36.8. The molecule has 3 aromatic heterocycles. The van der Waals surface area contributed by atoms with Gasteiger partial charge >= 0.3 is 0 Å². The molecule has 3 heterocycles. The monoisotopic (exact) mass is 426 g/mol. The molecular weight excluding hydrogens is 408 g/mol. The number of thiophene rings is 1. The van der Waals surface area contributed by atoms with Crippen molar-refractivity contribution in [3.63, 3.8) is 0 Å². The van der Waals surface area contributed by atoms with E-state index in [-0.39, 0.29) is 0 Å². The molecule has 0 aliphatic carbocycles. The molecule has 0 spiro atoms. The fourth-order valence-electron chi connectivity index (χ4n) is 4.85. The van der Waals surface area contributed by atoms with Crippen LogP contribution < -0.4 is 0 Å². The Morgan fingerprint density at radius 3 is 2.34 bits per heavy atom. The molecular formula is C29H18N2S. The topological polar surface area (TPSA) is 17.8 Å². The summed E-state index contributed by atoms with van der Waals surface area (Å²) in [5, 5.41) is 5.19. The molecule has 4 aromatic carbocycles. The number of para-hydroxylation sites is 1. The van der Waals surface area contributed by atoms with Gasteiger partial charge < -0.3 is 4.57 Å². The zero-order valence-corrected chi connectivity index (χ0v) is 18.0. The second-order valence-electron chi connectivity index (χ2n) is 8.05. The van der Waals surface area contributed by atoms with Gasteiger partial charge in [-0.1, -0.05) is 54.6 Å². The summed E-state index contributed by atoms with van der Waals surface area (Å²) < 4.78 is 5.08. The van der Waals surface area contributed by atoms with Crippen molar-refractivity contribution in [1.29, 1.82) is 0 Å². The Bertz CT molecular complexity index is 1760. The molecule has 7 aromatic rings. The van der Waals surface area contributed by atoms with Crippen LogP contribution in [0.1, 0.15) is 0 Å². The third kappa shape index (κ3) is 2.49. The second kappa shape index (κ2) is 6.78. The highest BCUT2D eigenvalue weighted by molar-refractivity contribution is 7.26. The summed E-state index contributed by atoms with van der Waals surface area (Å²) in [5.41, 5.74) is 5.81. The van der Waals surface area contributed by atoms with Gasteiger partial charge in [-0.25, -0.2) is 0 Å². The molecule has 0 saturated carbocycles. The Balaban J connectivity index is 1.69. The number of nitrogens with zero attached hydrogens (tertiary/aromatic N) is 2. The number of pyridine rings is 1. The fraction of sp³-hybridized carbons (Fsp3) is 0. The Morgan fingerprint density at radius 1 is 0.625 bits per heavy atom. The molecule has 0 aliphatic heterocycles. The first-order chi connectivity index (χ1) is 15.9. The van der Waals surface area contributed by atoms with Crippen LogP contribution in [0.15, 0.2) is 109 Å². The lowest BCUT2D eigenvalue weighted by atomic mass is 10.0. The van der Waals surface area contributed by atoms with E-state index in [9.17, 15) is 0 Å². The number of benzene rings is 4. The predicted octanol–water partition coefficient (Wildman–Crippen LogP) is 8.21. The normalized spacial score (nSPS) is 11.8. The minimum atomic E-state index is 0.997. The molecule has 7 rings (SSSR count). The highest BCUT2D eigenvalue weighted by Gasteiger charge is 2.18. The molecule has 150 valence electrons. The van der Waals surface area contributed by atoms with E-state index in [1.807, 2.05) is 29.7 Å². The Kier molecular flexibility index (Phi) is 3.75. The summed E-state index contributed by atoms with van der Waals surface area (Å²) in [4.78, 5) is 4.58. The van der Waals surface area contributed by atoms with Crippen molar-refractivity contribution in [1.82, 2.24) is 9.55 Å². The summed E-state index contributed by atoms with van der Waals surface area (Å²) in [6.45, 7) is 0. The van der Waals surface area contributed by atoms with E-state index in [2.05, 4.69) is 101 Å². The minimum absolute atomic E-state index is 0.997. The van der Waals surface area contributed by atoms with E-state index >= 15 is 0 Å². The van der Waals surface area contributed by atoms with Crippen LogP contribution >= 0.6 is 11.3 Å². The van der Waals surface area contributed by atoms with Gasteiger partial charge in [-0.15, -0.1) is 11.3 Å². The molecule has 0 fully saturated rings. The van der Waals surface area contributed by atoms with Crippen molar-refractivity contribution in [3.8, 4) is 16.9 Å². The number of fused-ring (bicyclic) bond motifs is 7. The van der Waals surface area contributed by atoms with Crippen molar-refractivity contribution in [3.05, 3.63) is 109 Å². The molecule has 0 atom stereocenters. The maximum absolute atomic E-state index is 4.58. The summed E-state index contributed by atoms with van der Waals surface area (Å²) in [7, 11) is 0. The van der Waals surface area contributed by atoms with E-state index in [1.54, 1.807) is 0 Å². The maximum Gasteiger partial charge on any atom is 0.0702 e. The highest BCUT2D eigenvalue weighted by atomic mass is 32.1. The lowest BCUT2D eigenvalue weighted by Crippen LogP contribution is -1.93. The fourth-order valence-corrected chi connectivity index (χ4v) is 5.96. The van der Waals surface area contributed by atoms with Gasteiger partial charge in [0.05, 0.1) is 16.7 Å². The average Bonchev–Trinajstić information content (AvgIpc) is 3.40. The Morgan fingerprint density at radius 2 is 1.47 bits per heavy atom. The quantitative estimate of drug-likeness (QED) is 0.272. The van der Waals surface area contributed by atoms with Gasteiger partial charge in [-0.05, 0) is 48.5 Å². The van der Waals surface area contributed by atoms with Crippen LogP contribution in [0.2, 0.25) is 0 Å². The average molecular weight is 427 g/mol. The van der Waals surface area contributed by atoms with Crippen molar-refractivity contribution >= 4 is 53.3 Å². The number of hydrogen-bond donors (Lipinski definition) is 0. The molecule has 0 unspecified atom stereocenters. The summed E-state index contributed by atoms with van der Waals surface area (Å²) in [5.74, 6) is 0. The Labute approximate surface area is 189 Å². The predicted molar refractivity (Wildman–Crippen MR) is 137 cm³/mol. The van der Waals surface area contributed by atoms with Crippen LogP contribution in [0.5, 0.6) is 0 Å². The van der Waals surface area contributed by atoms with Crippen molar-refractivity contribution < 1.29 is 0 Å². The van der Waals surface area contributed by atoms with E-state index in [0.717, 1.165) is 11.3 Å². The Hall–Kier alpha value is -3.95. The van der Waals surface area contributed by atoms with Crippen LogP contribution in [0, 0.1) is 0 Å². The van der Waals surface area contributed by atoms with Gasteiger partial charge in [0.2, 0.25) is 0 Å². The van der Waals surface area contributed by atoms with Crippen LogP contribution in [0.4, 0.5) is 0 Å². The first-order valence-electron chi connectivity index (χ1n) is 10.7. The molecule has 0 amide bonds. The molecule has 0 saturated heterocycles. The lowest BCUT2D eigenvalue weighted by Gasteiger charge is -2.09. The zero-order chi connectivity index (χ0) is 21.1. The van der Waals surface area contributed by atoms with Crippen LogP contribution in [0.25, 0.3) is 58.9 Å². The number of aromatic nitrogens is 2. The van der Waals surface area contributed by atoms with Crippen LogP contribution in [0.3, 0.4) is 0 Å². The highest BCUT2D eigenvalue weighted by Crippen LogP contribution is 2.43. The standard InChI is InChI=1S/C29H18N2S/c1-2-8-20(9-3-1)31-25-15-13-19(24-11-6-7-17-30-24)18-23(25)21-14-16-27-28(29(21)31)22-10-4-5-12-26(22)32-27/h1-18H.